The van der Waals surface area contributed by atoms with Crippen LogP contribution in [0.15, 0.2) is 30.6 Å². The van der Waals surface area contributed by atoms with Gasteiger partial charge in [-0.25, -0.2) is 9.67 Å². The number of ether oxygens (including phenoxy) is 1. The molecule has 0 spiro atoms. The fraction of sp³-hybridized carbons (Fsp3) is 0.471. The Bertz CT molecular complexity index is 695. The third-order valence-corrected chi connectivity index (χ3v) is 4.25. The van der Waals surface area contributed by atoms with Crippen LogP contribution < -0.4 is 10.1 Å². The zero-order valence-corrected chi connectivity index (χ0v) is 14.3. The number of likely N-dealkylation sites (tertiary alicyclic amines) is 1. The number of nitrogens with one attached hydrogen (secondary N) is 1. The van der Waals surface area contributed by atoms with Crippen LogP contribution in [0.3, 0.4) is 0 Å². The minimum atomic E-state index is -0.127. The first kappa shape index (κ1) is 16.4. The summed E-state index contributed by atoms with van der Waals surface area (Å²) in [6, 6.07) is 8.02. The molecule has 2 heterocycles. The van der Waals surface area contributed by atoms with Crippen molar-refractivity contribution in [3.63, 3.8) is 0 Å². The molecular weight excluding hydrogens is 306 g/mol. The molecule has 7 heteroatoms. The summed E-state index contributed by atoms with van der Waals surface area (Å²) in [5, 5.41) is 7.07. The number of aromatic nitrogens is 3. The lowest BCUT2D eigenvalue weighted by molar-refractivity contribution is -0.125. The van der Waals surface area contributed by atoms with Gasteiger partial charge in [-0.05, 0) is 38.0 Å². The third-order valence-electron chi connectivity index (χ3n) is 4.25. The number of hydrogen-bond donors (Lipinski definition) is 1. The van der Waals surface area contributed by atoms with Crippen molar-refractivity contribution in [3.8, 4) is 5.75 Å². The quantitative estimate of drug-likeness (QED) is 0.878. The second-order valence-electron chi connectivity index (χ2n) is 6.25. The summed E-state index contributed by atoms with van der Waals surface area (Å²) in [5.74, 6) is 1.16. The van der Waals surface area contributed by atoms with E-state index in [0.29, 0.717) is 5.95 Å². The highest BCUT2D eigenvalue weighted by Gasteiger charge is 2.34. The molecule has 7 nitrogen and oxygen atoms in total. The zero-order valence-electron chi connectivity index (χ0n) is 14.3. The van der Waals surface area contributed by atoms with Gasteiger partial charge in [-0.2, -0.15) is 0 Å². The molecular formula is C17H23N5O2. The van der Waals surface area contributed by atoms with E-state index in [1.165, 1.54) is 0 Å². The molecule has 1 amide bonds. The molecule has 2 aromatic rings. The molecule has 1 fully saturated rings. The second-order valence-corrected chi connectivity index (χ2v) is 6.25. The van der Waals surface area contributed by atoms with Gasteiger partial charge in [0.15, 0.2) is 0 Å². The topological polar surface area (TPSA) is 72.3 Å². The van der Waals surface area contributed by atoms with Crippen LogP contribution in [0.1, 0.15) is 31.9 Å². The second kappa shape index (κ2) is 7.00. The Hall–Kier alpha value is -2.41. The van der Waals surface area contributed by atoms with E-state index in [4.69, 9.17) is 4.74 Å². The summed E-state index contributed by atoms with van der Waals surface area (Å²) in [4.78, 5) is 18.7. The number of rotatable bonds is 6. The first-order chi connectivity index (χ1) is 11.6. The molecule has 1 aliphatic heterocycles. The molecule has 128 valence electrons. The van der Waals surface area contributed by atoms with Gasteiger partial charge in [0.1, 0.15) is 12.1 Å². The standard InChI is InChI=1S/C17H23N5O2/c1-12(2)22-11-18-17(20-22)19-16(23)15-8-9-21(15)10-13-4-6-14(24-3)7-5-13/h4-7,11-12,15H,8-10H2,1-3H3,(H,19,20,23). The van der Waals surface area contributed by atoms with Gasteiger partial charge in [-0.3, -0.25) is 15.0 Å². The minimum Gasteiger partial charge on any atom is -0.497 e. The van der Waals surface area contributed by atoms with Gasteiger partial charge in [0.2, 0.25) is 11.9 Å². The number of nitrogens with zero attached hydrogens (tertiary/aromatic N) is 4. The van der Waals surface area contributed by atoms with Crippen LogP contribution in [0.2, 0.25) is 0 Å². The van der Waals surface area contributed by atoms with Gasteiger partial charge in [0.25, 0.3) is 0 Å². The van der Waals surface area contributed by atoms with Crippen molar-refractivity contribution >= 4 is 11.9 Å². The smallest absolute Gasteiger partial charge is 0.248 e. The Labute approximate surface area is 141 Å². The van der Waals surface area contributed by atoms with Crippen LogP contribution in [0.5, 0.6) is 5.75 Å². The number of benzene rings is 1. The number of anilines is 1. The fourth-order valence-corrected chi connectivity index (χ4v) is 2.67. The number of hydrogen-bond acceptors (Lipinski definition) is 5. The molecule has 0 bridgehead atoms. The van der Waals surface area contributed by atoms with Crippen molar-refractivity contribution in [2.24, 2.45) is 0 Å². The Balaban J connectivity index is 1.56. The van der Waals surface area contributed by atoms with Crippen molar-refractivity contribution in [1.29, 1.82) is 0 Å². The van der Waals surface area contributed by atoms with E-state index in [-0.39, 0.29) is 18.0 Å². The zero-order chi connectivity index (χ0) is 17.1. The number of amides is 1. The molecule has 1 N–H and O–H groups in total. The van der Waals surface area contributed by atoms with Gasteiger partial charge in [0, 0.05) is 19.1 Å². The predicted octanol–water partition coefficient (Wildman–Crippen LogP) is 2.08. The molecule has 1 aromatic carbocycles. The summed E-state index contributed by atoms with van der Waals surface area (Å²) in [6.45, 7) is 5.69. The molecule has 3 rings (SSSR count). The van der Waals surface area contributed by atoms with E-state index in [9.17, 15) is 4.79 Å². The minimum absolute atomic E-state index is 0.0451. The lowest BCUT2D eigenvalue weighted by Gasteiger charge is -2.39. The molecule has 1 saturated heterocycles. The summed E-state index contributed by atoms with van der Waals surface area (Å²) in [7, 11) is 1.65. The average molecular weight is 329 g/mol. The third kappa shape index (κ3) is 3.56. The average Bonchev–Trinajstić information content (AvgIpc) is 3.00. The van der Waals surface area contributed by atoms with E-state index in [1.807, 2.05) is 38.1 Å². The molecule has 0 aliphatic carbocycles. The van der Waals surface area contributed by atoms with Crippen molar-refractivity contribution in [1.82, 2.24) is 19.7 Å². The maximum Gasteiger partial charge on any atom is 0.248 e. The van der Waals surface area contributed by atoms with Gasteiger partial charge in [0.05, 0.1) is 13.2 Å². The largest absolute Gasteiger partial charge is 0.497 e. The number of methoxy groups -OCH3 is 1. The number of carbonyl (C=O) groups excluding carboxylic acids is 1. The first-order valence-electron chi connectivity index (χ1n) is 8.16. The Morgan fingerprint density at radius 3 is 2.67 bits per heavy atom. The molecule has 0 radical (unpaired) electrons. The van der Waals surface area contributed by atoms with Gasteiger partial charge in [-0.15, -0.1) is 5.10 Å². The predicted molar refractivity (Wildman–Crippen MR) is 90.8 cm³/mol. The molecule has 0 saturated carbocycles. The fourth-order valence-electron chi connectivity index (χ4n) is 2.67. The summed E-state index contributed by atoms with van der Waals surface area (Å²) in [6.07, 6.45) is 2.49. The Kier molecular flexibility index (Phi) is 4.80. The lowest BCUT2D eigenvalue weighted by Crippen LogP contribution is -2.53. The highest BCUT2D eigenvalue weighted by Crippen LogP contribution is 2.22. The van der Waals surface area contributed by atoms with Crippen molar-refractivity contribution in [3.05, 3.63) is 36.2 Å². The van der Waals surface area contributed by atoms with Crippen molar-refractivity contribution in [2.75, 3.05) is 19.0 Å². The van der Waals surface area contributed by atoms with Crippen molar-refractivity contribution < 1.29 is 9.53 Å². The molecule has 24 heavy (non-hydrogen) atoms. The van der Waals surface area contributed by atoms with E-state index < -0.39 is 0 Å². The van der Waals surface area contributed by atoms with Crippen LogP contribution in [-0.2, 0) is 11.3 Å². The van der Waals surface area contributed by atoms with Gasteiger partial charge < -0.3 is 4.74 Å². The Morgan fingerprint density at radius 2 is 2.12 bits per heavy atom. The summed E-state index contributed by atoms with van der Waals surface area (Å²) >= 11 is 0. The normalized spacial score (nSPS) is 17.6. The summed E-state index contributed by atoms with van der Waals surface area (Å²) in [5.41, 5.74) is 1.16. The maximum atomic E-state index is 12.4. The molecule has 1 aromatic heterocycles. The molecule has 1 atom stereocenters. The van der Waals surface area contributed by atoms with E-state index in [0.717, 1.165) is 30.8 Å². The van der Waals surface area contributed by atoms with Crippen LogP contribution in [0.4, 0.5) is 5.95 Å². The monoisotopic (exact) mass is 329 g/mol. The van der Waals surface area contributed by atoms with Gasteiger partial charge in [-0.1, -0.05) is 12.1 Å². The van der Waals surface area contributed by atoms with Crippen LogP contribution in [0, 0.1) is 0 Å². The van der Waals surface area contributed by atoms with E-state index in [2.05, 4.69) is 20.3 Å². The van der Waals surface area contributed by atoms with E-state index >= 15 is 0 Å². The number of carbonyl (C=O) groups is 1. The van der Waals surface area contributed by atoms with Crippen LogP contribution in [-0.4, -0.2) is 45.3 Å². The highest BCUT2D eigenvalue weighted by atomic mass is 16.5. The SMILES string of the molecule is COc1ccc(CN2CCC2C(=O)Nc2ncn(C(C)C)n2)cc1. The molecule has 1 aliphatic rings. The van der Waals surface area contributed by atoms with Crippen LogP contribution in [0.25, 0.3) is 0 Å². The molecule has 1 unspecified atom stereocenters. The van der Waals surface area contributed by atoms with E-state index in [1.54, 1.807) is 18.1 Å². The van der Waals surface area contributed by atoms with Crippen molar-refractivity contribution in [2.45, 2.75) is 38.9 Å². The van der Waals surface area contributed by atoms with Gasteiger partial charge >= 0.3 is 0 Å². The van der Waals surface area contributed by atoms with Crippen LogP contribution >= 0.6 is 0 Å². The Morgan fingerprint density at radius 1 is 1.38 bits per heavy atom. The first-order valence-corrected chi connectivity index (χ1v) is 8.16. The maximum absolute atomic E-state index is 12.4. The highest BCUT2D eigenvalue weighted by molar-refractivity contribution is 5.93. The summed E-state index contributed by atoms with van der Waals surface area (Å²) < 4.78 is 6.89. The lowest BCUT2D eigenvalue weighted by atomic mass is 10.0.